The molecule has 142 valence electrons. The molecule has 0 radical (unpaired) electrons. The van der Waals surface area contributed by atoms with Crippen molar-refractivity contribution in [3.8, 4) is 0 Å². The first-order valence-corrected chi connectivity index (χ1v) is 10.2. The fourth-order valence-electron chi connectivity index (χ4n) is 2.04. The molecule has 1 saturated carbocycles. The highest BCUT2D eigenvalue weighted by Crippen LogP contribution is 2.42. The molecule has 0 atom stereocenters. The summed E-state index contributed by atoms with van der Waals surface area (Å²) < 4.78 is 24.6. The van der Waals surface area contributed by atoms with Crippen molar-refractivity contribution in [2.45, 2.75) is 63.9 Å². The van der Waals surface area contributed by atoms with Crippen molar-refractivity contribution in [2.75, 3.05) is 12.8 Å². The summed E-state index contributed by atoms with van der Waals surface area (Å²) in [6.07, 6.45) is 1.89. The molecule has 1 aliphatic carbocycles. The predicted molar refractivity (Wildman–Crippen MR) is 98.9 cm³/mol. The second-order valence-corrected chi connectivity index (χ2v) is 9.80. The molecular formula is C18H30N2O4S. The predicted octanol–water partition coefficient (Wildman–Crippen LogP) is 3.09. The molecule has 2 rings (SSSR count). The molecule has 1 aromatic rings. The molecule has 7 heteroatoms. The van der Waals surface area contributed by atoms with Crippen molar-refractivity contribution >= 4 is 15.8 Å². The molecule has 1 aliphatic rings. The SMILES string of the molecule is CC(C)CS(=O)(=O)c1nc(C(=O)O)ccc1C1CC1.CNC(C)(C)C. The smallest absolute Gasteiger partial charge is 0.354 e. The lowest BCUT2D eigenvalue weighted by Gasteiger charge is -2.15. The minimum Gasteiger partial charge on any atom is -0.477 e. The van der Waals surface area contributed by atoms with Gasteiger partial charge in [0.25, 0.3) is 0 Å². The average molecular weight is 371 g/mol. The van der Waals surface area contributed by atoms with Gasteiger partial charge in [-0.2, -0.15) is 0 Å². The van der Waals surface area contributed by atoms with Gasteiger partial charge in [0.15, 0.2) is 14.9 Å². The van der Waals surface area contributed by atoms with Crippen molar-refractivity contribution in [3.05, 3.63) is 23.4 Å². The Labute approximate surface area is 151 Å². The van der Waals surface area contributed by atoms with Crippen LogP contribution in [0, 0.1) is 5.92 Å². The Morgan fingerprint density at radius 1 is 1.32 bits per heavy atom. The highest BCUT2D eigenvalue weighted by molar-refractivity contribution is 7.91. The number of carbonyl (C=O) groups is 1. The summed E-state index contributed by atoms with van der Waals surface area (Å²) in [4.78, 5) is 14.8. The highest BCUT2D eigenvalue weighted by Gasteiger charge is 2.32. The van der Waals surface area contributed by atoms with E-state index in [1.807, 2.05) is 20.9 Å². The number of carboxylic acids is 1. The molecule has 1 fully saturated rings. The Balaban J connectivity index is 0.000000450. The maximum Gasteiger partial charge on any atom is 0.354 e. The second kappa shape index (κ2) is 8.27. The molecule has 25 heavy (non-hydrogen) atoms. The zero-order valence-electron chi connectivity index (χ0n) is 16.0. The molecule has 2 N–H and O–H groups in total. The molecule has 0 aliphatic heterocycles. The van der Waals surface area contributed by atoms with Gasteiger partial charge < -0.3 is 10.4 Å². The minimum absolute atomic E-state index is 0.0111. The van der Waals surface area contributed by atoms with Crippen molar-refractivity contribution in [2.24, 2.45) is 5.92 Å². The summed E-state index contributed by atoms with van der Waals surface area (Å²) >= 11 is 0. The Morgan fingerprint density at radius 3 is 2.20 bits per heavy atom. The molecule has 0 spiro atoms. The Morgan fingerprint density at radius 2 is 1.84 bits per heavy atom. The van der Waals surface area contributed by atoms with E-state index in [1.54, 1.807) is 6.07 Å². The number of hydrogen-bond donors (Lipinski definition) is 2. The standard InChI is InChI=1S/C13H17NO4S.C5H13N/c1-8(2)7-19(17,18)12-10(9-3-4-9)5-6-11(14-12)13(15)16;1-5(2,3)6-4/h5-6,8-9H,3-4,7H2,1-2H3,(H,15,16);6H,1-4H3. The number of nitrogens with zero attached hydrogens (tertiary/aromatic N) is 1. The average Bonchev–Trinajstić information content (AvgIpc) is 3.29. The van der Waals surface area contributed by atoms with E-state index in [9.17, 15) is 13.2 Å². The quantitative estimate of drug-likeness (QED) is 0.827. The van der Waals surface area contributed by atoms with Crippen molar-refractivity contribution < 1.29 is 18.3 Å². The number of carboxylic acid groups (broad SMARTS) is 1. The molecule has 0 bridgehead atoms. The van der Waals surface area contributed by atoms with E-state index in [1.165, 1.54) is 6.07 Å². The number of rotatable bonds is 5. The minimum atomic E-state index is -3.53. The Kier molecular flexibility index (Phi) is 7.14. The number of pyridine rings is 1. The summed E-state index contributed by atoms with van der Waals surface area (Å²) in [5.41, 5.74) is 0.748. The van der Waals surface area contributed by atoms with Crippen LogP contribution in [0.4, 0.5) is 0 Å². The van der Waals surface area contributed by atoms with Crippen molar-refractivity contribution in [3.63, 3.8) is 0 Å². The summed E-state index contributed by atoms with van der Waals surface area (Å²) in [6, 6.07) is 2.98. The maximum atomic E-state index is 12.3. The van der Waals surface area contributed by atoms with Crippen molar-refractivity contribution in [1.82, 2.24) is 10.3 Å². The van der Waals surface area contributed by atoms with Crippen LogP contribution < -0.4 is 5.32 Å². The van der Waals surface area contributed by atoms with Crippen LogP contribution in [0.25, 0.3) is 0 Å². The number of aromatic nitrogens is 1. The van der Waals surface area contributed by atoms with E-state index in [-0.39, 0.29) is 28.3 Å². The van der Waals surface area contributed by atoms with Crippen LogP contribution in [0.5, 0.6) is 0 Å². The van der Waals surface area contributed by atoms with Crippen LogP contribution in [0.15, 0.2) is 17.2 Å². The second-order valence-electron chi connectivity index (χ2n) is 7.85. The zero-order valence-corrected chi connectivity index (χ0v) is 16.8. The van der Waals surface area contributed by atoms with Crippen LogP contribution in [0.1, 0.15) is 69.4 Å². The number of aromatic carboxylic acids is 1. The third kappa shape index (κ3) is 7.12. The first-order chi connectivity index (χ1) is 11.4. The summed E-state index contributed by atoms with van der Waals surface area (Å²) in [5.74, 6) is -1.02. The topological polar surface area (TPSA) is 96.4 Å². The van der Waals surface area contributed by atoms with E-state index in [0.717, 1.165) is 12.8 Å². The zero-order chi connectivity index (χ0) is 19.4. The van der Waals surface area contributed by atoms with E-state index < -0.39 is 15.8 Å². The van der Waals surface area contributed by atoms with Gasteiger partial charge in [0.05, 0.1) is 5.75 Å². The van der Waals surface area contributed by atoms with E-state index in [4.69, 9.17) is 5.11 Å². The van der Waals surface area contributed by atoms with Crippen LogP contribution in [-0.4, -0.2) is 42.8 Å². The maximum absolute atomic E-state index is 12.3. The lowest BCUT2D eigenvalue weighted by Crippen LogP contribution is -2.31. The first-order valence-electron chi connectivity index (χ1n) is 8.53. The molecule has 0 saturated heterocycles. The molecule has 1 heterocycles. The monoisotopic (exact) mass is 370 g/mol. The number of nitrogens with one attached hydrogen (secondary N) is 1. The molecule has 1 aromatic heterocycles. The van der Waals surface area contributed by atoms with Gasteiger partial charge in [-0.1, -0.05) is 19.9 Å². The summed E-state index contributed by atoms with van der Waals surface area (Å²) in [5, 5.41) is 12.0. The lowest BCUT2D eigenvalue weighted by atomic mass is 10.1. The fraction of sp³-hybridized carbons (Fsp3) is 0.667. The van der Waals surface area contributed by atoms with Crippen LogP contribution in [-0.2, 0) is 9.84 Å². The third-order valence-electron chi connectivity index (χ3n) is 3.72. The summed E-state index contributed by atoms with van der Waals surface area (Å²) in [6.45, 7) is 10.0. The van der Waals surface area contributed by atoms with Crippen LogP contribution >= 0.6 is 0 Å². The highest BCUT2D eigenvalue weighted by atomic mass is 32.2. The van der Waals surface area contributed by atoms with Crippen LogP contribution in [0.3, 0.4) is 0 Å². The molecular weight excluding hydrogens is 340 g/mol. The van der Waals surface area contributed by atoms with Gasteiger partial charge in [-0.25, -0.2) is 18.2 Å². The van der Waals surface area contributed by atoms with Crippen molar-refractivity contribution in [1.29, 1.82) is 0 Å². The normalized spacial score (nSPS) is 14.8. The number of hydrogen-bond acceptors (Lipinski definition) is 5. The van der Waals surface area contributed by atoms with E-state index >= 15 is 0 Å². The van der Waals surface area contributed by atoms with Gasteiger partial charge in [0.2, 0.25) is 0 Å². The van der Waals surface area contributed by atoms with E-state index in [2.05, 4.69) is 31.1 Å². The Hall–Kier alpha value is -1.47. The Bertz CT molecular complexity index is 702. The summed E-state index contributed by atoms with van der Waals surface area (Å²) in [7, 11) is -1.57. The third-order valence-corrected chi connectivity index (χ3v) is 5.75. The van der Waals surface area contributed by atoms with Crippen LogP contribution in [0.2, 0.25) is 0 Å². The van der Waals surface area contributed by atoms with Gasteiger partial charge in [0, 0.05) is 5.54 Å². The molecule has 6 nitrogen and oxygen atoms in total. The number of sulfone groups is 1. The lowest BCUT2D eigenvalue weighted by molar-refractivity contribution is 0.0689. The first kappa shape index (κ1) is 21.6. The largest absolute Gasteiger partial charge is 0.477 e. The van der Waals surface area contributed by atoms with E-state index in [0.29, 0.717) is 11.1 Å². The van der Waals surface area contributed by atoms with Gasteiger partial charge in [-0.15, -0.1) is 0 Å². The molecule has 0 unspecified atom stereocenters. The molecule has 0 amide bonds. The molecule has 0 aromatic carbocycles. The van der Waals surface area contributed by atoms with Gasteiger partial charge >= 0.3 is 5.97 Å². The van der Waals surface area contributed by atoms with Gasteiger partial charge in [0.1, 0.15) is 5.69 Å². The fourth-order valence-corrected chi connectivity index (χ4v) is 3.91. The van der Waals surface area contributed by atoms with Gasteiger partial charge in [-0.05, 0) is 64.1 Å². The van der Waals surface area contributed by atoms with Gasteiger partial charge in [-0.3, -0.25) is 0 Å².